The van der Waals surface area contributed by atoms with Gasteiger partial charge in [-0.2, -0.15) is 0 Å². The Hall–Kier alpha value is -1.60. The number of hydrogen-bond donors (Lipinski definition) is 2. The Morgan fingerprint density at radius 1 is 1.47 bits per heavy atom. The van der Waals surface area contributed by atoms with E-state index in [9.17, 15) is 19.5 Å². The van der Waals surface area contributed by atoms with Crippen molar-refractivity contribution in [1.29, 1.82) is 0 Å². The normalized spacial score (nSPS) is 23.4. The predicted octanol–water partition coefficient (Wildman–Crippen LogP) is -3.06. The van der Waals surface area contributed by atoms with Gasteiger partial charge in [-0.3, -0.25) is 19.1 Å². The smallest absolute Gasteiger partial charge is 0.330 e. The highest BCUT2D eigenvalue weighted by Gasteiger charge is 2.36. The molecule has 0 aromatic carbocycles. The lowest BCUT2D eigenvalue weighted by atomic mass is 9.61. The maximum Gasteiger partial charge on any atom is 0.330 e. The molecule has 0 spiro atoms. The molecule has 1 aliphatic rings. The van der Waals surface area contributed by atoms with Crippen molar-refractivity contribution in [2.45, 2.75) is 30.6 Å². The quantitative estimate of drug-likeness (QED) is 0.445. The molecule has 1 aliphatic heterocycles. The van der Waals surface area contributed by atoms with Crippen LogP contribution in [0.25, 0.3) is 0 Å². The van der Waals surface area contributed by atoms with E-state index in [-0.39, 0.29) is 5.56 Å². The van der Waals surface area contributed by atoms with E-state index in [1.807, 2.05) is 0 Å². The van der Waals surface area contributed by atoms with E-state index >= 15 is 0 Å². The van der Waals surface area contributed by atoms with E-state index in [1.165, 1.54) is 10.8 Å². The van der Waals surface area contributed by atoms with Crippen molar-refractivity contribution >= 4 is 22.0 Å². The van der Waals surface area contributed by atoms with Crippen molar-refractivity contribution < 1.29 is 14.6 Å². The summed E-state index contributed by atoms with van der Waals surface area (Å²) in [5, 5.41) is 8.86. The number of aromatic amines is 1. The summed E-state index contributed by atoms with van der Waals surface area (Å²) in [5.74, 6) is 0. The molecule has 0 amide bonds. The first-order valence-electron chi connectivity index (χ1n) is 6.01. The maximum atomic E-state index is 11.7. The molecule has 0 bridgehead atoms. The zero-order valence-corrected chi connectivity index (χ0v) is 10.8. The Bertz CT molecular complexity index is 603. The summed E-state index contributed by atoms with van der Waals surface area (Å²) in [6, 6.07) is 0. The Labute approximate surface area is 110 Å². The first-order valence-corrected chi connectivity index (χ1v) is 6.01. The fraction of sp³-hybridized carbons (Fsp3) is 0.500. The first kappa shape index (κ1) is 13.8. The minimum absolute atomic E-state index is 0.130. The second-order valence-corrected chi connectivity index (χ2v) is 5.18. The third kappa shape index (κ3) is 2.71. The van der Waals surface area contributed by atoms with Crippen LogP contribution in [-0.2, 0) is 4.74 Å². The summed E-state index contributed by atoms with van der Waals surface area (Å²) < 4.78 is 6.78. The number of rotatable bonds is 3. The van der Waals surface area contributed by atoms with Gasteiger partial charge in [0.25, 0.3) is 5.56 Å². The zero-order valence-electron chi connectivity index (χ0n) is 10.8. The van der Waals surface area contributed by atoms with E-state index in [0.717, 1.165) is 0 Å². The number of nitrogens with one attached hydrogen (secondary N) is 1. The summed E-state index contributed by atoms with van der Waals surface area (Å²) in [7, 11) is 3.26. The lowest BCUT2D eigenvalue weighted by molar-refractivity contribution is -0.0503. The third-order valence-corrected chi connectivity index (χ3v) is 3.22. The van der Waals surface area contributed by atoms with Gasteiger partial charge in [0.05, 0.1) is 11.7 Å². The fourth-order valence-electron chi connectivity index (χ4n) is 2.14. The molecule has 7 nitrogen and oxygen atoms in total. The number of carbonyl (C=O) groups excluding carboxylic acids is 1. The zero-order chi connectivity index (χ0) is 14.2. The second kappa shape index (κ2) is 4.82. The fourth-order valence-corrected chi connectivity index (χ4v) is 2.14. The van der Waals surface area contributed by atoms with Crippen molar-refractivity contribution in [3.05, 3.63) is 32.6 Å². The number of aldehydes is 1. The molecule has 2 N–H and O–H groups in total. The molecule has 1 aromatic heterocycles. The number of carbonyl (C=O) groups is 1. The predicted molar refractivity (Wildman–Crippen MR) is 71.9 cm³/mol. The van der Waals surface area contributed by atoms with Gasteiger partial charge in [0.2, 0.25) is 0 Å². The van der Waals surface area contributed by atoms with E-state index < -0.39 is 29.0 Å². The van der Waals surface area contributed by atoms with Crippen LogP contribution in [0.1, 0.15) is 29.4 Å². The van der Waals surface area contributed by atoms with Crippen molar-refractivity contribution in [2.24, 2.45) is 0 Å². The van der Waals surface area contributed by atoms with E-state index in [0.29, 0.717) is 19.1 Å². The van der Waals surface area contributed by atoms with Gasteiger partial charge in [-0.05, 0) is 12.8 Å². The summed E-state index contributed by atoms with van der Waals surface area (Å²) in [6.07, 6.45) is 1.72. The number of nitrogens with zero attached hydrogens (tertiary/aromatic N) is 1. The van der Waals surface area contributed by atoms with Crippen molar-refractivity contribution in [3.63, 3.8) is 0 Å². The molecule has 2 unspecified atom stereocenters. The van der Waals surface area contributed by atoms with E-state index in [2.05, 4.69) is 4.98 Å². The molecule has 1 fully saturated rings. The largest absolute Gasteiger partial charge is 0.405 e. The molecule has 100 valence electrons. The van der Waals surface area contributed by atoms with Crippen LogP contribution in [0.5, 0.6) is 0 Å². The summed E-state index contributed by atoms with van der Waals surface area (Å²) >= 11 is 0. The van der Waals surface area contributed by atoms with Gasteiger partial charge >= 0.3 is 5.69 Å². The van der Waals surface area contributed by atoms with Gasteiger partial charge in [0.15, 0.2) is 6.29 Å². The topological polar surface area (TPSA) is 101 Å². The van der Waals surface area contributed by atoms with Gasteiger partial charge in [0.1, 0.15) is 21.9 Å². The molecule has 2 rings (SSSR count). The molecule has 1 saturated heterocycles. The van der Waals surface area contributed by atoms with Crippen LogP contribution in [0, 0.1) is 0 Å². The second-order valence-electron chi connectivity index (χ2n) is 5.18. The van der Waals surface area contributed by atoms with Gasteiger partial charge < -0.3 is 9.84 Å². The highest BCUT2D eigenvalue weighted by Crippen LogP contribution is 2.30. The molecule has 0 radical (unpaired) electrons. The van der Waals surface area contributed by atoms with Gasteiger partial charge in [-0.1, -0.05) is 0 Å². The monoisotopic (exact) mass is 264 g/mol. The summed E-state index contributed by atoms with van der Waals surface area (Å²) in [6.45, 7) is 0. The minimum atomic E-state index is -1.01. The van der Waals surface area contributed by atoms with Gasteiger partial charge in [-0.25, -0.2) is 4.79 Å². The van der Waals surface area contributed by atoms with Gasteiger partial charge in [0, 0.05) is 11.6 Å². The highest BCUT2D eigenvalue weighted by atomic mass is 16.5. The van der Waals surface area contributed by atoms with Crippen LogP contribution in [0.4, 0.5) is 0 Å². The summed E-state index contributed by atoms with van der Waals surface area (Å²) in [4.78, 5) is 35.8. The molecular formula is C10H14B2N2O5. The van der Waals surface area contributed by atoms with Gasteiger partial charge in [-0.15, -0.1) is 0 Å². The average molecular weight is 264 g/mol. The summed E-state index contributed by atoms with van der Waals surface area (Å²) in [5.41, 5.74) is -1.47. The van der Waals surface area contributed by atoms with Crippen LogP contribution in [0.3, 0.4) is 0 Å². The van der Waals surface area contributed by atoms with Crippen molar-refractivity contribution in [2.75, 3.05) is 0 Å². The van der Waals surface area contributed by atoms with Crippen LogP contribution in [0.2, 0.25) is 0 Å². The molecule has 2 heterocycles. The number of hydrogen-bond acceptors (Lipinski definition) is 5. The van der Waals surface area contributed by atoms with Crippen LogP contribution < -0.4 is 11.2 Å². The Balaban J connectivity index is 2.32. The lowest BCUT2D eigenvalue weighted by Gasteiger charge is -2.26. The third-order valence-electron chi connectivity index (χ3n) is 3.22. The molecule has 19 heavy (non-hydrogen) atoms. The van der Waals surface area contributed by atoms with E-state index in [4.69, 9.17) is 4.74 Å². The first-order chi connectivity index (χ1) is 8.82. The molecule has 0 saturated carbocycles. The highest BCUT2D eigenvalue weighted by molar-refractivity contribution is 6.39. The number of H-pyrrole nitrogens is 1. The number of aliphatic hydroxyl groups is 1. The molecular weight excluding hydrogens is 250 g/mol. The van der Waals surface area contributed by atoms with Crippen molar-refractivity contribution in [1.82, 2.24) is 9.55 Å². The number of ether oxygens (including phenoxy) is 1. The lowest BCUT2D eigenvalue weighted by Crippen LogP contribution is -2.43. The molecule has 2 atom stereocenters. The average Bonchev–Trinajstić information content (AvgIpc) is 2.78. The Kier molecular flexibility index (Phi) is 3.51. The Morgan fingerprint density at radius 3 is 2.68 bits per heavy atom. The Morgan fingerprint density at radius 2 is 2.16 bits per heavy atom. The van der Waals surface area contributed by atoms with Crippen LogP contribution in [-0.4, -0.2) is 48.1 Å². The van der Waals surface area contributed by atoms with Crippen LogP contribution in [0.15, 0.2) is 15.8 Å². The molecule has 0 aliphatic carbocycles. The number of aromatic nitrogens is 2. The SMILES string of the molecule is BC(B)(O)C1CCC(n2cc(C=O)c(=O)[nH]c2=O)O1. The standard InChI is InChI=1S/C10H14B2N2O5/c11-10(12,18)6-1-2-7(19-6)14-3-5(4-15)8(16)13-9(14)17/h3-4,6-7,18H,1-2,11-12H2,(H,13,16,17). The maximum absolute atomic E-state index is 11.7. The van der Waals surface area contributed by atoms with E-state index in [1.54, 1.807) is 15.7 Å². The molecule has 1 aromatic rings. The minimum Gasteiger partial charge on any atom is -0.405 e. The van der Waals surface area contributed by atoms with Crippen molar-refractivity contribution in [3.8, 4) is 0 Å². The van der Waals surface area contributed by atoms with Crippen LogP contribution >= 0.6 is 0 Å². The molecule has 9 heteroatoms.